The smallest absolute Gasteiger partial charge is 0.315 e. The van der Waals surface area contributed by atoms with Gasteiger partial charge >= 0.3 is 6.43 Å². The number of H-pyrrole nitrogens is 1. The van der Waals surface area contributed by atoms with Gasteiger partial charge in [0.2, 0.25) is 0 Å². The molecule has 0 saturated carbocycles. The summed E-state index contributed by atoms with van der Waals surface area (Å²) in [5, 5.41) is 3.21. The molecule has 0 bridgehead atoms. The predicted octanol–water partition coefficient (Wildman–Crippen LogP) is 3.02. The van der Waals surface area contributed by atoms with Crippen LogP contribution in [0.3, 0.4) is 0 Å². The van der Waals surface area contributed by atoms with Crippen molar-refractivity contribution in [3.05, 3.63) is 27.4 Å². The Morgan fingerprint density at radius 1 is 1.40 bits per heavy atom. The van der Waals surface area contributed by atoms with Crippen LogP contribution in [0.25, 0.3) is 10.9 Å². The largest absolute Gasteiger partial charge is 0.378 e. The molecule has 3 rings (SSSR count). The zero-order valence-corrected chi connectivity index (χ0v) is 14.7. The Bertz CT molecular complexity index is 807. The number of hydrogen-bond acceptors (Lipinski definition) is 4. The molecule has 25 heavy (non-hydrogen) atoms. The molecule has 2 aromatic rings. The van der Waals surface area contributed by atoms with Crippen molar-refractivity contribution in [2.75, 3.05) is 25.5 Å². The number of benzene rings is 1. The molecule has 1 amide bonds. The normalized spacial score (nSPS) is 15.4. The van der Waals surface area contributed by atoms with Gasteiger partial charge in [-0.05, 0) is 11.6 Å². The third-order valence-electron chi connectivity index (χ3n) is 4.06. The van der Waals surface area contributed by atoms with Gasteiger partial charge in [-0.2, -0.15) is 8.78 Å². The fourth-order valence-electron chi connectivity index (χ4n) is 3.05. The summed E-state index contributed by atoms with van der Waals surface area (Å²) in [6.07, 6.45) is -3.14. The highest BCUT2D eigenvalue weighted by molar-refractivity contribution is 6.45. The number of ether oxygens (including phenoxy) is 1. The third-order valence-corrected chi connectivity index (χ3v) is 4.85. The van der Waals surface area contributed by atoms with Gasteiger partial charge in [-0.1, -0.05) is 23.2 Å². The van der Waals surface area contributed by atoms with Crippen LogP contribution in [0.5, 0.6) is 0 Å². The summed E-state index contributed by atoms with van der Waals surface area (Å²) in [4.78, 5) is 14.7. The highest BCUT2D eigenvalue weighted by Gasteiger charge is 2.28. The second-order valence-electron chi connectivity index (χ2n) is 5.67. The second-order valence-corrected chi connectivity index (χ2v) is 6.45. The molecule has 0 spiro atoms. The number of rotatable bonds is 5. The zero-order valence-electron chi connectivity index (χ0n) is 13.2. The highest BCUT2D eigenvalue weighted by atomic mass is 35.5. The van der Waals surface area contributed by atoms with E-state index >= 15 is 0 Å². The van der Waals surface area contributed by atoms with Crippen molar-refractivity contribution in [3.63, 3.8) is 0 Å². The predicted molar refractivity (Wildman–Crippen MR) is 92.4 cm³/mol. The molecular weight excluding hydrogens is 377 g/mol. The molecule has 1 saturated heterocycles. The van der Waals surface area contributed by atoms with E-state index in [9.17, 15) is 13.6 Å². The number of anilines is 1. The number of nitrogens with one attached hydrogen (secondary N) is 4. The number of hydrogen-bond donors (Lipinski definition) is 4. The second kappa shape index (κ2) is 7.43. The van der Waals surface area contributed by atoms with Crippen LogP contribution in [0.15, 0.2) is 6.07 Å². The molecule has 0 radical (unpaired) electrons. The average molecular weight is 393 g/mol. The Balaban J connectivity index is 2.23. The summed E-state index contributed by atoms with van der Waals surface area (Å²) in [5.74, 6) is -1.36. The maximum atomic E-state index is 12.7. The molecule has 10 heteroatoms. The Labute approximate surface area is 152 Å². The molecule has 0 atom stereocenters. The first kappa shape index (κ1) is 18.3. The molecular formula is C15H16Cl2F2N4O2. The number of amides is 1. The minimum Gasteiger partial charge on any atom is -0.378 e. The average Bonchev–Trinajstić information content (AvgIpc) is 3.19. The van der Waals surface area contributed by atoms with Gasteiger partial charge in [-0.3, -0.25) is 15.6 Å². The maximum absolute atomic E-state index is 12.7. The van der Waals surface area contributed by atoms with E-state index in [-0.39, 0.29) is 28.3 Å². The van der Waals surface area contributed by atoms with Gasteiger partial charge in [0.25, 0.3) is 5.91 Å². The molecule has 6 nitrogen and oxygen atoms in total. The maximum Gasteiger partial charge on any atom is 0.315 e. The van der Waals surface area contributed by atoms with Gasteiger partial charge in [0.1, 0.15) is 0 Å². The molecule has 1 fully saturated rings. The number of halogens is 4. The molecule has 1 aromatic carbocycles. The van der Waals surface area contributed by atoms with Crippen molar-refractivity contribution in [3.8, 4) is 0 Å². The topological polar surface area (TPSA) is 78.2 Å². The van der Waals surface area contributed by atoms with E-state index < -0.39 is 12.3 Å². The number of alkyl halides is 2. The number of fused-ring (bicyclic) bond motifs is 1. The number of hydrazine groups is 1. The van der Waals surface area contributed by atoms with E-state index in [0.29, 0.717) is 24.0 Å². The molecule has 0 unspecified atom stereocenters. The summed E-state index contributed by atoms with van der Waals surface area (Å²) >= 11 is 12.4. The first-order valence-corrected chi connectivity index (χ1v) is 8.25. The van der Waals surface area contributed by atoms with Crippen LogP contribution in [0.4, 0.5) is 14.5 Å². The summed E-state index contributed by atoms with van der Waals surface area (Å²) in [6.45, 7) is 1.54. The van der Waals surface area contributed by atoms with Crippen molar-refractivity contribution in [1.82, 2.24) is 15.8 Å². The molecule has 1 aliphatic rings. The molecule has 0 aliphatic carbocycles. The van der Waals surface area contributed by atoms with Crippen molar-refractivity contribution < 1.29 is 18.3 Å². The molecule has 2 heterocycles. The van der Waals surface area contributed by atoms with E-state index in [1.807, 2.05) is 0 Å². The lowest BCUT2D eigenvalue weighted by Crippen LogP contribution is -2.21. The van der Waals surface area contributed by atoms with E-state index in [0.717, 1.165) is 11.3 Å². The fraction of sp³-hybridized carbons (Fsp3) is 0.400. The minimum atomic E-state index is -3.14. The zero-order chi connectivity index (χ0) is 18.1. The van der Waals surface area contributed by atoms with E-state index in [2.05, 4.69) is 21.2 Å². The summed E-state index contributed by atoms with van der Waals surface area (Å²) in [7, 11) is 1.55. The third kappa shape index (κ3) is 3.45. The number of carbonyl (C=O) groups is 1. The number of carbonyl (C=O) groups excluding carboxylic acids is 1. The summed E-state index contributed by atoms with van der Waals surface area (Å²) < 4.78 is 30.6. The first-order chi connectivity index (χ1) is 11.9. The Morgan fingerprint density at radius 3 is 2.68 bits per heavy atom. The van der Waals surface area contributed by atoms with Crippen LogP contribution in [0, 0.1) is 0 Å². The summed E-state index contributed by atoms with van der Waals surface area (Å²) in [5.41, 5.74) is 8.32. The van der Waals surface area contributed by atoms with Crippen LogP contribution < -0.4 is 16.2 Å². The van der Waals surface area contributed by atoms with Gasteiger partial charge in [-0.15, -0.1) is 0 Å². The van der Waals surface area contributed by atoms with Crippen LogP contribution in [0.2, 0.25) is 10.0 Å². The first-order valence-electron chi connectivity index (χ1n) is 7.50. The molecule has 136 valence electrons. The van der Waals surface area contributed by atoms with Gasteiger partial charge in [0.15, 0.2) is 0 Å². The van der Waals surface area contributed by atoms with Gasteiger partial charge in [0.05, 0.1) is 27.9 Å². The van der Waals surface area contributed by atoms with Gasteiger partial charge in [-0.25, -0.2) is 0 Å². The van der Waals surface area contributed by atoms with Crippen molar-refractivity contribution in [2.45, 2.75) is 19.0 Å². The van der Waals surface area contributed by atoms with Gasteiger partial charge in [0, 0.05) is 37.2 Å². The van der Waals surface area contributed by atoms with Crippen molar-refractivity contribution in [2.24, 2.45) is 0 Å². The highest BCUT2D eigenvalue weighted by Crippen LogP contribution is 2.42. The number of aromatic amines is 1. The monoisotopic (exact) mass is 392 g/mol. The van der Waals surface area contributed by atoms with Crippen LogP contribution in [-0.4, -0.2) is 37.5 Å². The lowest BCUT2D eigenvalue weighted by molar-refractivity contribution is -0.126. The van der Waals surface area contributed by atoms with Crippen molar-refractivity contribution in [1.29, 1.82) is 0 Å². The Kier molecular flexibility index (Phi) is 5.45. The fourth-order valence-corrected chi connectivity index (χ4v) is 3.45. The van der Waals surface area contributed by atoms with Crippen LogP contribution in [0.1, 0.15) is 17.2 Å². The lowest BCUT2D eigenvalue weighted by atomic mass is 9.95. The standard InChI is InChI=1S/C15H16Cl2F2N4O2/c1-25-5-9-10(6-3-20-21-4-6)11-8(23-15(24)14(18)19)2-7(16)12(17)13(11)22-9/h2,6,14,20-22H,3-5H2,1H3,(H,23,24). The molecule has 4 N–H and O–H groups in total. The van der Waals surface area contributed by atoms with Gasteiger partial charge < -0.3 is 15.0 Å². The lowest BCUT2D eigenvalue weighted by Gasteiger charge is -2.14. The van der Waals surface area contributed by atoms with Crippen LogP contribution in [-0.2, 0) is 16.1 Å². The van der Waals surface area contributed by atoms with E-state index in [1.165, 1.54) is 6.07 Å². The number of aromatic nitrogens is 1. The number of methoxy groups -OCH3 is 1. The van der Waals surface area contributed by atoms with E-state index in [1.54, 1.807) is 7.11 Å². The minimum absolute atomic E-state index is 0.0401. The molecule has 1 aliphatic heterocycles. The van der Waals surface area contributed by atoms with Crippen LogP contribution >= 0.6 is 23.2 Å². The van der Waals surface area contributed by atoms with Crippen molar-refractivity contribution >= 4 is 45.7 Å². The van der Waals surface area contributed by atoms with E-state index in [4.69, 9.17) is 27.9 Å². The quantitative estimate of drug-likeness (QED) is 0.630. The SMILES string of the molecule is COCc1[nH]c2c(Cl)c(Cl)cc(NC(=O)C(F)F)c2c1C1CNNC1. The summed E-state index contributed by atoms with van der Waals surface area (Å²) in [6, 6.07) is 1.39. The Morgan fingerprint density at radius 2 is 2.08 bits per heavy atom. The Hall–Kier alpha value is -1.45. The molecule has 1 aromatic heterocycles.